The smallest absolute Gasteiger partial charge is 0.0647 e. The standard InChI is InChI=1S/C12H16ClN3/c1-2-9-7-10(13)12(8-11(9)14)16-5-3-15-4-6-16/h2,7-8,15H,1,3-6,14H2. The summed E-state index contributed by atoms with van der Waals surface area (Å²) in [5.41, 5.74) is 8.58. The Morgan fingerprint density at radius 1 is 1.38 bits per heavy atom. The zero-order chi connectivity index (χ0) is 11.5. The highest BCUT2D eigenvalue weighted by atomic mass is 35.5. The van der Waals surface area contributed by atoms with Gasteiger partial charge >= 0.3 is 0 Å². The molecule has 3 nitrogen and oxygen atoms in total. The van der Waals surface area contributed by atoms with Crippen LogP contribution in [0.25, 0.3) is 6.08 Å². The van der Waals surface area contributed by atoms with Gasteiger partial charge < -0.3 is 16.0 Å². The fraction of sp³-hybridized carbons (Fsp3) is 0.333. The molecule has 0 atom stereocenters. The summed E-state index contributed by atoms with van der Waals surface area (Å²) in [6.07, 6.45) is 1.72. The topological polar surface area (TPSA) is 41.3 Å². The molecular formula is C12H16ClN3. The van der Waals surface area contributed by atoms with Gasteiger partial charge in [-0.3, -0.25) is 0 Å². The van der Waals surface area contributed by atoms with E-state index < -0.39 is 0 Å². The van der Waals surface area contributed by atoms with E-state index in [0.717, 1.165) is 48.1 Å². The molecule has 0 amide bonds. The van der Waals surface area contributed by atoms with Crippen molar-refractivity contribution < 1.29 is 0 Å². The van der Waals surface area contributed by atoms with Crippen molar-refractivity contribution in [3.8, 4) is 0 Å². The number of benzene rings is 1. The molecule has 1 saturated heterocycles. The van der Waals surface area contributed by atoms with Crippen LogP contribution in [0.5, 0.6) is 0 Å². The number of hydrogen-bond donors (Lipinski definition) is 2. The number of hydrogen-bond acceptors (Lipinski definition) is 3. The highest BCUT2D eigenvalue weighted by Gasteiger charge is 2.14. The van der Waals surface area contributed by atoms with Crippen molar-refractivity contribution in [2.45, 2.75) is 0 Å². The second-order valence-corrected chi connectivity index (χ2v) is 4.28. The number of anilines is 2. The highest BCUT2D eigenvalue weighted by molar-refractivity contribution is 6.33. The van der Waals surface area contributed by atoms with E-state index in [0.29, 0.717) is 0 Å². The van der Waals surface area contributed by atoms with E-state index in [1.54, 1.807) is 6.08 Å². The van der Waals surface area contributed by atoms with Crippen LogP contribution in [0.1, 0.15) is 5.56 Å². The Hall–Kier alpha value is -1.19. The SMILES string of the molecule is C=Cc1cc(Cl)c(N2CCNCC2)cc1N. The first-order valence-corrected chi connectivity index (χ1v) is 5.77. The molecule has 3 N–H and O–H groups in total. The minimum atomic E-state index is 0.730. The zero-order valence-corrected chi connectivity index (χ0v) is 9.93. The maximum absolute atomic E-state index is 6.25. The predicted octanol–water partition coefficient (Wildman–Crippen LogP) is 1.97. The second-order valence-electron chi connectivity index (χ2n) is 3.87. The first-order chi connectivity index (χ1) is 7.72. The molecule has 0 saturated carbocycles. The van der Waals surface area contributed by atoms with Crippen LogP contribution in [0.2, 0.25) is 5.02 Å². The summed E-state index contributed by atoms with van der Waals surface area (Å²) in [6, 6.07) is 3.81. The molecule has 1 heterocycles. The molecule has 1 aliphatic heterocycles. The molecule has 86 valence electrons. The maximum atomic E-state index is 6.25. The first kappa shape index (κ1) is 11.3. The molecule has 16 heavy (non-hydrogen) atoms. The van der Waals surface area contributed by atoms with Crippen LogP contribution in [-0.2, 0) is 0 Å². The van der Waals surface area contributed by atoms with E-state index in [9.17, 15) is 0 Å². The maximum Gasteiger partial charge on any atom is 0.0647 e. The third-order valence-electron chi connectivity index (χ3n) is 2.83. The second kappa shape index (κ2) is 4.76. The van der Waals surface area contributed by atoms with Gasteiger partial charge in [0.15, 0.2) is 0 Å². The lowest BCUT2D eigenvalue weighted by molar-refractivity contribution is 0.589. The normalized spacial score (nSPS) is 16.2. The summed E-state index contributed by atoms with van der Waals surface area (Å²) in [7, 11) is 0. The highest BCUT2D eigenvalue weighted by Crippen LogP contribution is 2.31. The summed E-state index contributed by atoms with van der Waals surface area (Å²) in [4.78, 5) is 2.25. The molecule has 0 aromatic heterocycles. The largest absolute Gasteiger partial charge is 0.398 e. The van der Waals surface area contributed by atoms with Crippen LogP contribution in [0, 0.1) is 0 Å². The minimum absolute atomic E-state index is 0.730. The molecule has 1 fully saturated rings. The van der Waals surface area contributed by atoms with Crippen molar-refractivity contribution in [1.82, 2.24) is 5.32 Å². The van der Waals surface area contributed by atoms with E-state index in [1.807, 2.05) is 12.1 Å². The summed E-state index contributed by atoms with van der Waals surface area (Å²) in [5, 5.41) is 4.05. The molecule has 1 aromatic rings. The van der Waals surface area contributed by atoms with Crippen molar-refractivity contribution in [3.05, 3.63) is 29.3 Å². The lowest BCUT2D eigenvalue weighted by Crippen LogP contribution is -2.43. The Morgan fingerprint density at radius 3 is 2.69 bits per heavy atom. The zero-order valence-electron chi connectivity index (χ0n) is 9.17. The van der Waals surface area contributed by atoms with Crippen molar-refractivity contribution in [2.75, 3.05) is 36.8 Å². The van der Waals surface area contributed by atoms with Gasteiger partial charge in [0, 0.05) is 31.9 Å². The Balaban J connectivity index is 2.33. The van der Waals surface area contributed by atoms with Crippen molar-refractivity contribution in [1.29, 1.82) is 0 Å². The Morgan fingerprint density at radius 2 is 2.06 bits per heavy atom. The fourth-order valence-corrected chi connectivity index (χ4v) is 2.21. The molecule has 2 rings (SSSR count). The van der Waals surface area contributed by atoms with Gasteiger partial charge in [-0.05, 0) is 17.7 Å². The third-order valence-corrected chi connectivity index (χ3v) is 3.13. The Bertz CT molecular complexity index is 397. The van der Waals surface area contributed by atoms with Gasteiger partial charge in [-0.25, -0.2) is 0 Å². The average molecular weight is 238 g/mol. The van der Waals surface area contributed by atoms with E-state index in [1.165, 1.54) is 0 Å². The van der Waals surface area contributed by atoms with E-state index in [2.05, 4.69) is 16.8 Å². The lowest BCUT2D eigenvalue weighted by atomic mass is 10.1. The van der Waals surface area contributed by atoms with E-state index in [4.69, 9.17) is 17.3 Å². The first-order valence-electron chi connectivity index (χ1n) is 5.39. The third kappa shape index (κ3) is 2.15. The monoisotopic (exact) mass is 237 g/mol. The van der Waals surface area contributed by atoms with E-state index in [-0.39, 0.29) is 0 Å². The van der Waals surface area contributed by atoms with Crippen LogP contribution in [-0.4, -0.2) is 26.2 Å². The van der Waals surface area contributed by atoms with Crippen molar-refractivity contribution in [3.63, 3.8) is 0 Å². The van der Waals surface area contributed by atoms with Crippen LogP contribution >= 0.6 is 11.6 Å². The molecule has 0 bridgehead atoms. The van der Waals surface area contributed by atoms with Crippen LogP contribution in [0.3, 0.4) is 0 Å². The lowest BCUT2D eigenvalue weighted by Gasteiger charge is -2.30. The molecule has 0 radical (unpaired) electrons. The average Bonchev–Trinajstić information content (AvgIpc) is 2.32. The summed E-state index contributed by atoms with van der Waals surface area (Å²) in [5.74, 6) is 0. The van der Waals surface area contributed by atoms with Crippen LogP contribution in [0.4, 0.5) is 11.4 Å². The number of nitrogens with zero attached hydrogens (tertiary/aromatic N) is 1. The summed E-state index contributed by atoms with van der Waals surface area (Å²) < 4.78 is 0. The molecule has 1 aliphatic rings. The van der Waals surface area contributed by atoms with Gasteiger partial charge in [-0.1, -0.05) is 24.3 Å². The molecule has 4 heteroatoms. The van der Waals surface area contributed by atoms with E-state index >= 15 is 0 Å². The van der Waals surface area contributed by atoms with Gasteiger partial charge in [0.05, 0.1) is 10.7 Å². The van der Waals surface area contributed by atoms with Crippen molar-refractivity contribution >= 4 is 29.1 Å². The molecule has 0 spiro atoms. The van der Waals surface area contributed by atoms with Gasteiger partial charge in [0.25, 0.3) is 0 Å². The minimum Gasteiger partial charge on any atom is -0.398 e. The molecule has 1 aromatic carbocycles. The molecule has 0 aliphatic carbocycles. The van der Waals surface area contributed by atoms with Gasteiger partial charge in [-0.15, -0.1) is 0 Å². The van der Waals surface area contributed by atoms with Gasteiger partial charge in [0.1, 0.15) is 0 Å². The predicted molar refractivity (Wildman–Crippen MR) is 71.0 cm³/mol. The van der Waals surface area contributed by atoms with Crippen LogP contribution in [0.15, 0.2) is 18.7 Å². The Labute approximate surface area is 101 Å². The fourth-order valence-electron chi connectivity index (χ4n) is 1.92. The quantitative estimate of drug-likeness (QED) is 0.773. The van der Waals surface area contributed by atoms with Crippen molar-refractivity contribution in [2.24, 2.45) is 0 Å². The summed E-state index contributed by atoms with van der Waals surface area (Å²) >= 11 is 6.25. The number of nitrogens with one attached hydrogen (secondary N) is 1. The molecule has 0 unspecified atom stereocenters. The van der Waals surface area contributed by atoms with Crippen LogP contribution < -0.4 is 16.0 Å². The Kier molecular flexibility index (Phi) is 3.36. The number of nitrogen functional groups attached to an aromatic ring is 1. The number of nitrogens with two attached hydrogens (primary N) is 1. The number of halogens is 1. The molecular weight excluding hydrogens is 222 g/mol. The number of piperazine rings is 1. The van der Waals surface area contributed by atoms with Gasteiger partial charge in [0.2, 0.25) is 0 Å². The van der Waals surface area contributed by atoms with Gasteiger partial charge in [-0.2, -0.15) is 0 Å². The number of rotatable bonds is 2. The summed E-state index contributed by atoms with van der Waals surface area (Å²) in [6.45, 7) is 7.61.